The molecule has 0 aliphatic rings. The zero-order chi connectivity index (χ0) is 12.0. The van der Waals surface area contributed by atoms with Crippen LogP contribution in [-0.2, 0) is 0 Å². The van der Waals surface area contributed by atoms with E-state index in [-0.39, 0.29) is 5.56 Å². The second kappa shape index (κ2) is 5.86. The quantitative estimate of drug-likeness (QED) is 0.846. The molecule has 0 fully saturated rings. The van der Waals surface area contributed by atoms with Gasteiger partial charge in [0.05, 0.1) is 6.07 Å². The van der Waals surface area contributed by atoms with Gasteiger partial charge in [-0.2, -0.15) is 5.26 Å². The van der Waals surface area contributed by atoms with Crippen LogP contribution in [0.15, 0.2) is 24.3 Å². The molecule has 0 radical (unpaired) electrons. The predicted molar refractivity (Wildman–Crippen MR) is 58.2 cm³/mol. The van der Waals surface area contributed by atoms with E-state index >= 15 is 0 Å². The largest absolute Gasteiger partial charge is 0.336 e. The lowest BCUT2D eigenvalue weighted by Crippen LogP contribution is -2.33. The summed E-state index contributed by atoms with van der Waals surface area (Å²) in [4.78, 5) is 11.6. The van der Waals surface area contributed by atoms with E-state index in [1.165, 1.54) is 18.2 Å². The lowest BCUT2D eigenvalue weighted by atomic mass is 10.1. The molecule has 0 heterocycles. The van der Waals surface area contributed by atoms with E-state index < -0.39 is 17.8 Å². The highest BCUT2D eigenvalue weighted by Crippen LogP contribution is 2.04. The molecule has 1 amide bonds. The van der Waals surface area contributed by atoms with Crippen molar-refractivity contribution in [2.75, 3.05) is 0 Å². The van der Waals surface area contributed by atoms with Crippen LogP contribution in [0.3, 0.4) is 0 Å². The van der Waals surface area contributed by atoms with Crippen LogP contribution in [0.25, 0.3) is 0 Å². The van der Waals surface area contributed by atoms with E-state index in [2.05, 4.69) is 5.32 Å². The van der Waals surface area contributed by atoms with Crippen molar-refractivity contribution in [3.63, 3.8) is 0 Å². The Hall–Kier alpha value is -1.89. The van der Waals surface area contributed by atoms with E-state index in [0.717, 1.165) is 12.5 Å². The van der Waals surface area contributed by atoms with Crippen LogP contribution in [0.5, 0.6) is 0 Å². The van der Waals surface area contributed by atoms with Crippen LogP contribution < -0.4 is 5.32 Å². The molecule has 1 aromatic carbocycles. The highest BCUT2D eigenvalue weighted by Gasteiger charge is 2.12. The first kappa shape index (κ1) is 12.2. The summed E-state index contributed by atoms with van der Waals surface area (Å²) in [5, 5.41) is 11.3. The summed E-state index contributed by atoms with van der Waals surface area (Å²) in [6, 6.07) is 6.87. The lowest BCUT2D eigenvalue weighted by Gasteiger charge is -2.10. The van der Waals surface area contributed by atoms with Crippen molar-refractivity contribution < 1.29 is 9.18 Å². The van der Waals surface area contributed by atoms with Gasteiger partial charge in [0, 0.05) is 5.56 Å². The molecule has 1 atom stereocenters. The van der Waals surface area contributed by atoms with Crippen LogP contribution in [0.1, 0.15) is 30.1 Å². The van der Waals surface area contributed by atoms with Crippen molar-refractivity contribution in [1.82, 2.24) is 5.32 Å². The van der Waals surface area contributed by atoms with E-state index in [4.69, 9.17) is 5.26 Å². The van der Waals surface area contributed by atoms with Gasteiger partial charge < -0.3 is 5.32 Å². The fraction of sp³-hybridized carbons (Fsp3) is 0.333. The molecule has 0 aromatic heterocycles. The number of halogens is 1. The van der Waals surface area contributed by atoms with Crippen LogP contribution in [-0.4, -0.2) is 11.9 Å². The first-order chi connectivity index (χ1) is 7.67. The zero-order valence-corrected chi connectivity index (χ0v) is 9.03. The Morgan fingerprint density at radius 1 is 1.62 bits per heavy atom. The van der Waals surface area contributed by atoms with Crippen molar-refractivity contribution in [1.29, 1.82) is 5.26 Å². The maximum absolute atomic E-state index is 12.8. The van der Waals surface area contributed by atoms with Crippen molar-refractivity contribution in [3.8, 4) is 6.07 Å². The molecular weight excluding hydrogens is 207 g/mol. The minimum Gasteiger partial charge on any atom is -0.336 e. The number of nitrogens with zero attached hydrogens (tertiary/aromatic N) is 1. The van der Waals surface area contributed by atoms with Crippen LogP contribution in [0.2, 0.25) is 0 Å². The SMILES string of the molecule is CCCC(C#N)NC(=O)c1cccc(F)c1. The van der Waals surface area contributed by atoms with Gasteiger partial charge in [-0.15, -0.1) is 0 Å². The second-order valence-electron chi connectivity index (χ2n) is 3.45. The normalized spacial score (nSPS) is 11.6. The smallest absolute Gasteiger partial charge is 0.252 e. The minimum absolute atomic E-state index is 0.233. The van der Waals surface area contributed by atoms with Gasteiger partial charge in [-0.3, -0.25) is 4.79 Å². The summed E-state index contributed by atoms with van der Waals surface area (Å²) in [6.07, 6.45) is 1.40. The lowest BCUT2D eigenvalue weighted by molar-refractivity contribution is 0.0943. The Morgan fingerprint density at radius 2 is 2.38 bits per heavy atom. The fourth-order valence-corrected chi connectivity index (χ4v) is 1.33. The Morgan fingerprint density at radius 3 is 2.94 bits per heavy atom. The van der Waals surface area contributed by atoms with Gasteiger partial charge in [-0.05, 0) is 24.6 Å². The maximum Gasteiger partial charge on any atom is 0.252 e. The number of carbonyl (C=O) groups excluding carboxylic acids is 1. The van der Waals surface area contributed by atoms with Gasteiger partial charge in [0.15, 0.2) is 0 Å². The molecule has 0 saturated carbocycles. The first-order valence-corrected chi connectivity index (χ1v) is 5.13. The van der Waals surface area contributed by atoms with Gasteiger partial charge in [0.2, 0.25) is 0 Å². The third-order valence-electron chi connectivity index (χ3n) is 2.13. The number of nitriles is 1. The van der Waals surface area contributed by atoms with Gasteiger partial charge in [-0.1, -0.05) is 19.4 Å². The van der Waals surface area contributed by atoms with E-state index in [9.17, 15) is 9.18 Å². The van der Waals surface area contributed by atoms with Crippen molar-refractivity contribution in [2.24, 2.45) is 0 Å². The summed E-state index contributed by atoms with van der Waals surface area (Å²) >= 11 is 0. The van der Waals surface area contributed by atoms with Gasteiger partial charge >= 0.3 is 0 Å². The third-order valence-corrected chi connectivity index (χ3v) is 2.13. The van der Waals surface area contributed by atoms with Gasteiger partial charge in [0.1, 0.15) is 11.9 Å². The van der Waals surface area contributed by atoms with E-state index in [0.29, 0.717) is 6.42 Å². The Labute approximate surface area is 93.9 Å². The molecule has 1 N–H and O–H groups in total. The molecule has 1 aromatic rings. The maximum atomic E-state index is 12.8. The minimum atomic E-state index is -0.513. The average molecular weight is 220 g/mol. The Balaban J connectivity index is 2.69. The van der Waals surface area contributed by atoms with Gasteiger partial charge in [0.25, 0.3) is 5.91 Å². The topological polar surface area (TPSA) is 52.9 Å². The number of amides is 1. The van der Waals surface area contributed by atoms with Crippen molar-refractivity contribution in [3.05, 3.63) is 35.6 Å². The molecule has 0 saturated heterocycles. The summed E-state index contributed by atoms with van der Waals surface area (Å²) in [6.45, 7) is 1.93. The molecule has 3 nitrogen and oxygen atoms in total. The standard InChI is InChI=1S/C12H13FN2O/c1-2-4-11(8-14)15-12(16)9-5-3-6-10(13)7-9/h3,5-7,11H,2,4H2,1H3,(H,15,16). The van der Waals surface area contributed by atoms with Crippen LogP contribution in [0, 0.1) is 17.1 Å². The van der Waals surface area contributed by atoms with Gasteiger partial charge in [-0.25, -0.2) is 4.39 Å². The summed E-state index contributed by atoms with van der Waals surface area (Å²) in [5.74, 6) is -0.879. The Kier molecular flexibility index (Phi) is 4.46. The van der Waals surface area contributed by atoms with Crippen molar-refractivity contribution >= 4 is 5.91 Å². The highest BCUT2D eigenvalue weighted by molar-refractivity contribution is 5.94. The number of benzene rings is 1. The average Bonchev–Trinajstić information content (AvgIpc) is 2.28. The summed E-state index contributed by atoms with van der Waals surface area (Å²) in [5.41, 5.74) is 0.233. The molecule has 0 aliphatic heterocycles. The molecule has 0 spiro atoms. The predicted octanol–water partition coefficient (Wildman–Crippen LogP) is 2.25. The zero-order valence-electron chi connectivity index (χ0n) is 9.03. The fourth-order valence-electron chi connectivity index (χ4n) is 1.33. The molecule has 84 valence electrons. The monoisotopic (exact) mass is 220 g/mol. The van der Waals surface area contributed by atoms with Crippen molar-refractivity contribution in [2.45, 2.75) is 25.8 Å². The first-order valence-electron chi connectivity index (χ1n) is 5.13. The number of hydrogen-bond acceptors (Lipinski definition) is 2. The summed E-state index contributed by atoms with van der Waals surface area (Å²) in [7, 11) is 0. The molecule has 4 heteroatoms. The highest BCUT2D eigenvalue weighted by atomic mass is 19.1. The summed E-state index contributed by atoms with van der Waals surface area (Å²) < 4.78 is 12.8. The van der Waals surface area contributed by atoms with Crippen LogP contribution in [0.4, 0.5) is 4.39 Å². The number of nitrogens with one attached hydrogen (secondary N) is 1. The molecule has 0 bridgehead atoms. The van der Waals surface area contributed by atoms with E-state index in [1.54, 1.807) is 0 Å². The second-order valence-corrected chi connectivity index (χ2v) is 3.45. The third kappa shape index (κ3) is 3.35. The number of rotatable bonds is 4. The molecule has 1 unspecified atom stereocenters. The molecular formula is C12H13FN2O. The number of hydrogen-bond donors (Lipinski definition) is 1. The number of carbonyl (C=O) groups is 1. The Bertz CT molecular complexity index is 412. The van der Waals surface area contributed by atoms with E-state index in [1.807, 2.05) is 13.0 Å². The molecule has 16 heavy (non-hydrogen) atoms. The molecule has 1 rings (SSSR count). The van der Waals surface area contributed by atoms with Crippen LogP contribution >= 0.6 is 0 Å². The molecule has 0 aliphatic carbocycles.